The second kappa shape index (κ2) is 6.51. The highest BCUT2D eigenvalue weighted by Crippen LogP contribution is 2.31. The number of halogens is 2. The van der Waals surface area contributed by atoms with Crippen molar-refractivity contribution in [3.63, 3.8) is 0 Å². The van der Waals surface area contributed by atoms with Gasteiger partial charge in [-0.2, -0.15) is 0 Å². The zero-order valence-electron chi connectivity index (χ0n) is 11.8. The summed E-state index contributed by atoms with van der Waals surface area (Å²) < 4.78 is 8.24. The normalized spacial score (nSPS) is 18.1. The first-order valence-corrected chi connectivity index (χ1v) is 8.65. The Hall–Kier alpha value is -0.840. The minimum Gasteiger partial charge on any atom is -0.488 e. The third-order valence-corrected chi connectivity index (χ3v) is 5.00. The molecule has 110 valence electrons. The SMILES string of the molecule is C[C@@H](NCC1Cc2cc(Br)ccc2O1)c1ccccc1Br. The van der Waals surface area contributed by atoms with E-state index >= 15 is 0 Å². The molecule has 21 heavy (non-hydrogen) atoms. The van der Waals surface area contributed by atoms with Crippen LogP contribution < -0.4 is 10.1 Å². The van der Waals surface area contributed by atoms with Gasteiger partial charge in [0.05, 0.1) is 0 Å². The summed E-state index contributed by atoms with van der Waals surface area (Å²) in [5.74, 6) is 1.01. The molecule has 1 unspecified atom stereocenters. The molecule has 2 aromatic carbocycles. The third kappa shape index (κ3) is 3.50. The molecule has 0 saturated heterocycles. The summed E-state index contributed by atoms with van der Waals surface area (Å²) in [5, 5.41) is 3.56. The minimum absolute atomic E-state index is 0.208. The van der Waals surface area contributed by atoms with E-state index in [1.165, 1.54) is 11.1 Å². The zero-order chi connectivity index (χ0) is 14.8. The molecule has 2 aromatic rings. The molecule has 1 aliphatic heterocycles. The molecule has 1 N–H and O–H groups in total. The molecule has 3 rings (SSSR count). The van der Waals surface area contributed by atoms with Crippen molar-refractivity contribution in [3.05, 3.63) is 62.5 Å². The van der Waals surface area contributed by atoms with Crippen molar-refractivity contribution in [2.45, 2.75) is 25.5 Å². The van der Waals surface area contributed by atoms with E-state index in [1.54, 1.807) is 0 Å². The van der Waals surface area contributed by atoms with E-state index in [1.807, 2.05) is 18.2 Å². The van der Waals surface area contributed by atoms with Gasteiger partial charge >= 0.3 is 0 Å². The fraction of sp³-hybridized carbons (Fsp3) is 0.294. The van der Waals surface area contributed by atoms with Crippen LogP contribution in [0.3, 0.4) is 0 Å². The molecule has 4 heteroatoms. The Morgan fingerprint density at radius 3 is 2.86 bits per heavy atom. The summed E-state index contributed by atoms with van der Waals surface area (Å²) in [7, 11) is 0. The Balaban J connectivity index is 1.59. The number of rotatable bonds is 4. The van der Waals surface area contributed by atoms with Gasteiger partial charge in [-0.25, -0.2) is 0 Å². The maximum atomic E-state index is 5.98. The fourth-order valence-corrected chi connectivity index (χ4v) is 3.68. The smallest absolute Gasteiger partial charge is 0.123 e. The van der Waals surface area contributed by atoms with Gasteiger partial charge in [-0.05, 0) is 42.3 Å². The first-order valence-electron chi connectivity index (χ1n) is 7.06. The molecule has 0 aromatic heterocycles. The Morgan fingerprint density at radius 1 is 1.24 bits per heavy atom. The highest BCUT2D eigenvalue weighted by atomic mass is 79.9. The van der Waals surface area contributed by atoms with Crippen LogP contribution in [0, 0.1) is 0 Å². The van der Waals surface area contributed by atoms with Crippen LogP contribution in [0.2, 0.25) is 0 Å². The Labute approximate surface area is 142 Å². The molecule has 0 spiro atoms. The second-order valence-corrected chi connectivity index (χ2v) is 7.12. The van der Waals surface area contributed by atoms with Crippen molar-refractivity contribution < 1.29 is 4.74 Å². The number of benzene rings is 2. The minimum atomic E-state index is 0.208. The topological polar surface area (TPSA) is 21.3 Å². The molecule has 0 fully saturated rings. The van der Waals surface area contributed by atoms with Crippen LogP contribution in [0.1, 0.15) is 24.1 Å². The van der Waals surface area contributed by atoms with Crippen LogP contribution in [0.5, 0.6) is 5.75 Å². The van der Waals surface area contributed by atoms with Crippen molar-refractivity contribution in [1.29, 1.82) is 0 Å². The molecule has 1 heterocycles. The van der Waals surface area contributed by atoms with Gasteiger partial charge in [0, 0.05) is 28.0 Å². The summed E-state index contributed by atoms with van der Waals surface area (Å²) in [6, 6.07) is 14.8. The van der Waals surface area contributed by atoms with Crippen molar-refractivity contribution in [2.75, 3.05) is 6.54 Å². The maximum absolute atomic E-state index is 5.98. The third-order valence-electron chi connectivity index (χ3n) is 3.79. The van der Waals surface area contributed by atoms with Crippen LogP contribution in [0.4, 0.5) is 0 Å². The van der Waals surface area contributed by atoms with Gasteiger partial charge in [0.1, 0.15) is 11.9 Å². The first-order chi connectivity index (χ1) is 10.1. The van der Waals surface area contributed by atoms with Gasteiger partial charge in [-0.15, -0.1) is 0 Å². The van der Waals surface area contributed by atoms with Crippen molar-refractivity contribution >= 4 is 31.9 Å². The quantitative estimate of drug-likeness (QED) is 0.776. The summed E-state index contributed by atoms with van der Waals surface area (Å²) >= 11 is 7.11. The van der Waals surface area contributed by atoms with Crippen molar-refractivity contribution in [2.24, 2.45) is 0 Å². The summed E-state index contributed by atoms with van der Waals surface area (Å²) in [4.78, 5) is 0. The predicted molar refractivity (Wildman–Crippen MR) is 92.8 cm³/mol. The largest absolute Gasteiger partial charge is 0.488 e. The van der Waals surface area contributed by atoms with Gasteiger partial charge in [0.2, 0.25) is 0 Å². The van der Waals surface area contributed by atoms with Gasteiger partial charge < -0.3 is 10.1 Å². The summed E-state index contributed by atoms with van der Waals surface area (Å²) in [6.45, 7) is 3.02. The second-order valence-electron chi connectivity index (χ2n) is 5.35. The van der Waals surface area contributed by atoms with Crippen LogP contribution in [-0.4, -0.2) is 12.6 Å². The van der Waals surface area contributed by atoms with E-state index in [-0.39, 0.29) is 6.10 Å². The summed E-state index contributed by atoms with van der Waals surface area (Å²) in [5.41, 5.74) is 2.56. The fourth-order valence-electron chi connectivity index (χ4n) is 2.65. The molecule has 0 aliphatic carbocycles. The standard InChI is InChI=1S/C17H17Br2NO/c1-11(15-4-2-3-5-16(15)19)20-10-14-9-12-8-13(18)6-7-17(12)21-14/h2-8,11,14,20H,9-10H2,1H3/t11-,14?/m1/s1. The molecule has 2 nitrogen and oxygen atoms in total. The monoisotopic (exact) mass is 409 g/mol. The average molecular weight is 411 g/mol. The van der Waals surface area contributed by atoms with Gasteiger partial charge in [0.15, 0.2) is 0 Å². The number of ether oxygens (including phenoxy) is 1. The van der Waals surface area contributed by atoms with E-state index in [0.29, 0.717) is 6.04 Å². The number of hydrogen-bond donors (Lipinski definition) is 1. The van der Waals surface area contributed by atoms with Crippen LogP contribution in [0.15, 0.2) is 51.4 Å². The Bertz CT molecular complexity index is 644. The molecular weight excluding hydrogens is 394 g/mol. The lowest BCUT2D eigenvalue weighted by Gasteiger charge is -2.18. The molecule has 0 saturated carbocycles. The molecule has 1 aliphatic rings. The van der Waals surface area contributed by atoms with Crippen molar-refractivity contribution in [3.8, 4) is 5.75 Å². The number of hydrogen-bond acceptors (Lipinski definition) is 2. The highest BCUT2D eigenvalue weighted by Gasteiger charge is 2.23. The highest BCUT2D eigenvalue weighted by molar-refractivity contribution is 9.10. The summed E-state index contributed by atoms with van der Waals surface area (Å²) in [6.07, 6.45) is 1.17. The van der Waals surface area contributed by atoms with Crippen LogP contribution in [0.25, 0.3) is 0 Å². The predicted octanol–water partition coefficient (Wildman–Crippen LogP) is 4.87. The lowest BCUT2D eigenvalue weighted by atomic mass is 10.1. The lowest BCUT2D eigenvalue weighted by molar-refractivity contribution is 0.222. The molecule has 0 radical (unpaired) electrons. The molecular formula is C17H17Br2NO. The van der Waals surface area contributed by atoms with Crippen LogP contribution in [-0.2, 0) is 6.42 Å². The molecule has 2 atom stereocenters. The van der Waals surface area contributed by atoms with E-state index in [4.69, 9.17) is 4.74 Å². The lowest BCUT2D eigenvalue weighted by Crippen LogP contribution is -2.32. The van der Waals surface area contributed by atoms with E-state index in [0.717, 1.165) is 27.7 Å². The molecule has 0 bridgehead atoms. The van der Waals surface area contributed by atoms with Crippen LogP contribution >= 0.6 is 31.9 Å². The molecule has 0 amide bonds. The van der Waals surface area contributed by atoms with Crippen molar-refractivity contribution in [1.82, 2.24) is 5.32 Å². The number of nitrogens with one attached hydrogen (secondary N) is 1. The van der Waals surface area contributed by atoms with E-state index < -0.39 is 0 Å². The first kappa shape index (κ1) is 15.1. The maximum Gasteiger partial charge on any atom is 0.123 e. The van der Waals surface area contributed by atoms with Gasteiger partial charge in [-0.1, -0.05) is 50.1 Å². The zero-order valence-corrected chi connectivity index (χ0v) is 14.9. The average Bonchev–Trinajstić information content (AvgIpc) is 2.87. The van der Waals surface area contributed by atoms with Gasteiger partial charge in [0.25, 0.3) is 0 Å². The Morgan fingerprint density at radius 2 is 2.05 bits per heavy atom. The van der Waals surface area contributed by atoms with E-state index in [2.05, 4.69) is 68.4 Å². The van der Waals surface area contributed by atoms with E-state index in [9.17, 15) is 0 Å². The Kier molecular flexibility index (Phi) is 4.67. The number of fused-ring (bicyclic) bond motifs is 1. The van der Waals surface area contributed by atoms with Gasteiger partial charge in [-0.3, -0.25) is 0 Å².